The van der Waals surface area contributed by atoms with Crippen molar-refractivity contribution in [2.45, 2.75) is 0 Å². The Morgan fingerprint density at radius 1 is 1.28 bits per heavy atom. The highest BCUT2D eigenvalue weighted by atomic mass is 127. The van der Waals surface area contributed by atoms with E-state index in [9.17, 15) is 4.39 Å². The molecule has 7 heteroatoms. The zero-order valence-corrected chi connectivity index (χ0v) is 11.1. The minimum atomic E-state index is -0.496. The summed E-state index contributed by atoms with van der Waals surface area (Å²) in [5.41, 5.74) is 11.4. The van der Waals surface area contributed by atoms with Crippen LogP contribution in [0.1, 0.15) is 5.56 Å². The first kappa shape index (κ1) is 12.5. The average molecular weight is 355 g/mol. The van der Waals surface area contributed by atoms with Gasteiger partial charge in [-0.1, -0.05) is 0 Å². The second-order valence-electron chi connectivity index (χ2n) is 3.43. The number of nitriles is 1. The molecule has 0 saturated heterocycles. The van der Waals surface area contributed by atoms with Crippen LogP contribution in [-0.2, 0) is 0 Å². The molecule has 0 amide bonds. The van der Waals surface area contributed by atoms with Crippen molar-refractivity contribution in [3.63, 3.8) is 0 Å². The van der Waals surface area contributed by atoms with E-state index in [1.54, 1.807) is 12.1 Å². The standard InChI is InChI=1S/C11H7FIN5/c12-8-2-1-5(13)3-6(8)9-7(4-14)10(15)18-11(16)17-9/h1-3H,(H4,15,16,17,18). The molecule has 1 heterocycles. The molecule has 0 aliphatic rings. The molecule has 0 aliphatic heterocycles. The maximum absolute atomic E-state index is 13.8. The number of benzene rings is 1. The molecule has 1 aromatic heterocycles. The highest BCUT2D eigenvalue weighted by molar-refractivity contribution is 14.1. The number of halogens is 2. The first-order valence-electron chi connectivity index (χ1n) is 4.81. The van der Waals surface area contributed by atoms with Gasteiger partial charge in [0, 0.05) is 9.13 Å². The maximum Gasteiger partial charge on any atom is 0.222 e. The number of nitrogens with two attached hydrogens (primary N) is 2. The molecule has 18 heavy (non-hydrogen) atoms. The Morgan fingerprint density at radius 3 is 2.67 bits per heavy atom. The fourth-order valence-electron chi connectivity index (χ4n) is 1.48. The molecule has 2 rings (SSSR count). The summed E-state index contributed by atoms with van der Waals surface area (Å²) >= 11 is 2.03. The predicted octanol–water partition coefficient (Wildman–Crippen LogP) is 1.92. The summed E-state index contributed by atoms with van der Waals surface area (Å²) in [6.07, 6.45) is 0. The third-order valence-electron chi connectivity index (χ3n) is 2.25. The van der Waals surface area contributed by atoms with Gasteiger partial charge in [-0.25, -0.2) is 9.37 Å². The summed E-state index contributed by atoms with van der Waals surface area (Å²) in [7, 11) is 0. The van der Waals surface area contributed by atoms with E-state index in [0.29, 0.717) is 0 Å². The number of hydrogen-bond acceptors (Lipinski definition) is 5. The number of anilines is 2. The normalized spacial score (nSPS) is 10.1. The summed E-state index contributed by atoms with van der Waals surface area (Å²) in [5, 5.41) is 9.04. The molecule has 0 radical (unpaired) electrons. The van der Waals surface area contributed by atoms with Crippen molar-refractivity contribution in [2.24, 2.45) is 0 Å². The quantitative estimate of drug-likeness (QED) is 0.761. The van der Waals surface area contributed by atoms with Crippen LogP contribution in [0.15, 0.2) is 18.2 Å². The number of nitrogens with zero attached hydrogens (tertiary/aromatic N) is 3. The number of aromatic nitrogens is 2. The van der Waals surface area contributed by atoms with E-state index in [1.807, 2.05) is 28.7 Å². The van der Waals surface area contributed by atoms with E-state index < -0.39 is 5.82 Å². The fraction of sp³-hybridized carbons (Fsp3) is 0. The van der Waals surface area contributed by atoms with Gasteiger partial charge in [0.2, 0.25) is 5.95 Å². The van der Waals surface area contributed by atoms with Crippen molar-refractivity contribution in [3.8, 4) is 17.3 Å². The van der Waals surface area contributed by atoms with E-state index in [2.05, 4.69) is 9.97 Å². The van der Waals surface area contributed by atoms with Gasteiger partial charge in [0.1, 0.15) is 23.3 Å². The van der Waals surface area contributed by atoms with Crippen LogP contribution in [0.5, 0.6) is 0 Å². The third kappa shape index (κ3) is 2.19. The largest absolute Gasteiger partial charge is 0.382 e. The summed E-state index contributed by atoms with van der Waals surface area (Å²) in [6, 6.07) is 6.34. The average Bonchev–Trinajstić information content (AvgIpc) is 2.31. The van der Waals surface area contributed by atoms with E-state index in [1.165, 1.54) is 6.07 Å². The van der Waals surface area contributed by atoms with E-state index in [-0.39, 0.29) is 28.6 Å². The van der Waals surface area contributed by atoms with Gasteiger partial charge in [-0.3, -0.25) is 0 Å². The second kappa shape index (κ2) is 4.73. The lowest BCUT2D eigenvalue weighted by Gasteiger charge is -2.07. The molecule has 4 N–H and O–H groups in total. The summed E-state index contributed by atoms with van der Waals surface area (Å²) in [6.45, 7) is 0. The van der Waals surface area contributed by atoms with Crippen molar-refractivity contribution in [3.05, 3.63) is 33.1 Å². The van der Waals surface area contributed by atoms with Gasteiger partial charge in [0.15, 0.2) is 0 Å². The molecule has 5 nitrogen and oxygen atoms in total. The highest BCUT2D eigenvalue weighted by Gasteiger charge is 2.16. The highest BCUT2D eigenvalue weighted by Crippen LogP contribution is 2.28. The zero-order valence-electron chi connectivity index (χ0n) is 8.98. The van der Waals surface area contributed by atoms with E-state index in [0.717, 1.165) is 3.57 Å². The minimum Gasteiger partial charge on any atom is -0.382 e. The predicted molar refractivity (Wildman–Crippen MR) is 73.7 cm³/mol. The van der Waals surface area contributed by atoms with Gasteiger partial charge in [0.05, 0.1) is 5.69 Å². The molecule has 0 aliphatic carbocycles. The van der Waals surface area contributed by atoms with Crippen LogP contribution in [0.2, 0.25) is 0 Å². The van der Waals surface area contributed by atoms with Crippen molar-refractivity contribution in [2.75, 3.05) is 11.5 Å². The van der Waals surface area contributed by atoms with Gasteiger partial charge >= 0.3 is 0 Å². The Balaban J connectivity index is 2.78. The van der Waals surface area contributed by atoms with Crippen LogP contribution in [0.3, 0.4) is 0 Å². The monoisotopic (exact) mass is 355 g/mol. The molecule has 0 spiro atoms. The maximum atomic E-state index is 13.8. The van der Waals surface area contributed by atoms with Gasteiger partial charge in [-0.15, -0.1) is 0 Å². The lowest BCUT2D eigenvalue weighted by Crippen LogP contribution is -2.05. The summed E-state index contributed by atoms with van der Waals surface area (Å²) in [4.78, 5) is 7.58. The molecule has 0 bridgehead atoms. The van der Waals surface area contributed by atoms with Gasteiger partial charge in [-0.2, -0.15) is 10.2 Å². The Kier molecular flexibility index (Phi) is 3.29. The molecular formula is C11H7FIN5. The number of nitrogen functional groups attached to an aromatic ring is 2. The Hall–Kier alpha value is -1.95. The van der Waals surface area contributed by atoms with Crippen molar-refractivity contribution in [1.82, 2.24) is 9.97 Å². The second-order valence-corrected chi connectivity index (χ2v) is 4.67. The van der Waals surface area contributed by atoms with E-state index >= 15 is 0 Å². The fourth-order valence-corrected chi connectivity index (χ4v) is 1.97. The van der Waals surface area contributed by atoms with Crippen LogP contribution in [0, 0.1) is 20.7 Å². The lowest BCUT2D eigenvalue weighted by molar-refractivity contribution is 0.630. The van der Waals surface area contributed by atoms with Crippen LogP contribution in [0.4, 0.5) is 16.2 Å². The molecule has 90 valence electrons. The van der Waals surface area contributed by atoms with Crippen LogP contribution >= 0.6 is 22.6 Å². The van der Waals surface area contributed by atoms with Crippen LogP contribution < -0.4 is 11.5 Å². The molecule has 0 atom stereocenters. The number of hydrogen-bond donors (Lipinski definition) is 2. The van der Waals surface area contributed by atoms with Gasteiger partial charge in [-0.05, 0) is 40.8 Å². The SMILES string of the molecule is N#Cc1c(N)nc(N)nc1-c1cc(I)ccc1F. The number of rotatable bonds is 1. The third-order valence-corrected chi connectivity index (χ3v) is 2.92. The molecular weight excluding hydrogens is 348 g/mol. The molecule has 2 aromatic rings. The first-order valence-corrected chi connectivity index (χ1v) is 5.89. The first-order chi connectivity index (χ1) is 8.52. The molecule has 0 unspecified atom stereocenters. The Bertz CT molecular complexity index is 665. The Morgan fingerprint density at radius 2 is 2.00 bits per heavy atom. The zero-order chi connectivity index (χ0) is 13.3. The smallest absolute Gasteiger partial charge is 0.222 e. The summed E-state index contributed by atoms with van der Waals surface area (Å²) in [5.74, 6) is -0.651. The van der Waals surface area contributed by atoms with Crippen molar-refractivity contribution >= 4 is 34.4 Å². The molecule has 0 saturated carbocycles. The summed E-state index contributed by atoms with van der Waals surface area (Å²) < 4.78 is 14.6. The van der Waals surface area contributed by atoms with Crippen molar-refractivity contribution in [1.29, 1.82) is 5.26 Å². The van der Waals surface area contributed by atoms with Gasteiger partial charge in [0.25, 0.3) is 0 Å². The topological polar surface area (TPSA) is 102 Å². The van der Waals surface area contributed by atoms with Crippen LogP contribution in [0.25, 0.3) is 11.3 Å². The lowest BCUT2D eigenvalue weighted by atomic mass is 10.1. The van der Waals surface area contributed by atoms with E-state index in [4.69, 9.17) is 16.7 Å². The van der Waals surface area contributed by atoms with Crippen molar-refractivity contribution < 1.29 is 4.39 Å². The Labute approximate surface area is 116 Å². The molecule has 0 fully saturated rings. The van der Waals surface area contributed by atoms with Crippen LogP contribution in [-0.4, -0.2) is 9.97 Å². The molecule has 1 aromatic carbocycles. The minimum absolute atomic E-state index is 0.0186. The van der Waals surface area contributed by atoms with Gasteiger partial charge < -0.3 is 11.5 Å².